The molecule has 40 heavy (non-hydrogen) atoms. The Morgan fingerprint density at radius 1 is 0.875 bits per heavy atom. The highest BCUT2D eigenvalue weighted by atomic mass is 35.5. The molecule has 3 aromatic carbocycles. The number of nitrogens with zero attached hydrogens (tertiary/aromatic N) is 2. The van der Waals surface area contributed by atoms with E-state index in [1.807, 2.05) is 47.5 Å². The number of hydrogen-bond donors (Lipinski definition) is 0. The number of unbranched alkanes of at least 4 members (excludes halogenated alkanes) is 3. The lowest BCUT2D eigenvalue weighted by molar-refractivity contribution is -0.0190. The summed E-state index contributed by atoms with van der Waals surface area (Å²) in [5, 5.41) is 8.04. The second-order valence-corrected chi connectivity index (χ2v) is 10.7. The van der Waals surface area contributed by atoms with Crippen LogP contribution in [0.15, 0.2) is 53.6 Å². The summed E-state index contributed by atoms with van der Waals surface area (Å²) < 4.78 is 29.2. The molecule has 0 bridgehead atoms. The molecular formula is C31H34Cl2N2O5. The van der Waals surface area contributed by atoms with Gasteiger partial charge < -0.3 is 23.7 Å². The topological polar surface area (TPSA) is 61.8 Å². The van der Waals surface area contributed by atoms with Crippen molar-refractivity contribution < 1.29 is 23.7 Å². The quantitative estimate of drug-likeness (QED) is 0.211. The van der Waals surface area contributed by atoms with E-state index in [1.54, 1.807) is 27.4 Å². The summed E-state index contributed by atoms with van der Waals surface area (Å²) in [4.78, 5) is 0. The van der Waals surface area contributed by atoms with Crippen molar-refractivity contribution in [2.24, 2.45) is 5.10 Å². The van der Waals surface area contributed by atoms with E-state index >= 15 is 0 Å². The predicted octanol–water partition coefficient (Wildman–Crippen LogP) is 8.22. The molecule has 0 spiro atoms. The summed E-state index contributed by atoms with van der Waals surface area (Å²) in [6, 6.07) is 15.1. The smallest absolute Gasteiger partial charge is 0.214 e. The molecule has 2 heterocycles. The van der Waals surface area contributed by atoms with Crippen molar-refractivity contribution in [3.05, 3.63) is 75.3 Å². The molecule has 2 atom stereocenters. The Labute approximate surface area is 245 Å². The number of benzene rings is 3. The molecule has 0 unspecified atom stereocenters. The first kappa shape index (κ1) is 28.2. The molecule has 212 valence electrons. The van der Waals surface area contributed by atoms with Crippen molar-refractivity contribution in [1.82, 2.24) is 5.01 Å². The molecule has 2 aliphatic rings. The molecule has 0 saturated carbocycles. The van der Waals surface area contributed by atoms with Crippen LogP contribution in [-0.4, -0.2) is 38.7 Å². The highest BCUT2D eigenvalue weighted by Gasteiger charge is 2.42. The SMILES string of the molecule is CCCCCCOc1ccc([C@@H]2Oc3c(Cl)cc(Cl)cc3[C@@H]3CC(c4ccc(OC)c(OC)c4)=NN32)cc1OC. The molecule has 2 aliphatic heterocycles. The average molecular weight is 586 g/mol. The number of hydrazone groups is 1. The van der Waals surface area contributed by atoms with Crippen molar-refractivity contribution in [2.45, 2.75) is 51.3 Å². The van der Waals surface area contributed by atoms with Crippen LogP contribution >= 0.6 is 23.2 Å². The first-order valence-electron chi connectivity index (χ1n) is 13.5. The Bertz CT molecular complexity index is 1400. The van der Waals surface area contributed by atoms with Gasteiger partial charge in [0.25, 0.3) is 0 Å². The van der Waals surface area contributed by atoms with Crippen molar-refractivity contribution in [3.8, 4) is 28.7 Å². The lowest BCUT2D eigenvalue weighted by atomic mass is 9.95. The number of ether oxygens (including phenoxy) is 5. The van der Waals surface area contributed by atoms with Crippen LogP contribution < -0.4 is 23.7 Å². The van der Waals surface area contributed by atoms with E-state index in [2.05, 4.69) is 6.92 Å². The molecule has 0 amide bonds. The van der Waals surface area contributed by atoms with Gasteiger partial charge in [0.2, 0.25) is 6.23 Å². The van der Waals surface area contributed by atoms with Crippen LogP contribution in [0.1, 0.15) is 68.0 Å². The van der Waals surface area contributed by atoms with Crippen LogP contribution in [-0.2, 0) is 0 Å². The molecular weight excluding hydrogens is 551 g/mol. The second-order valence-electron chi connectivity index (χ2n) is 9.81. The zero-order valence-corrected chi connectivity index (χ0v) is 24.7. The Morgan fingerprint density at radius 2 is 1.62 bits per heavy atom. The van der Waals surface area contributed by atoms with Crippen molar-refractivity contribution >= 4 is 28.9 Å². The summed E-state index contributed by atoms with van der Waals surface area (Å²) in [6.45, 7) is 2.84. The Kier molecular flexibility index (Phi) is 8.81. The standard InChI is InChI=1S/C31H34Cl2N2O5/c1-5-6-7-8-13-39-27-12-10-20(15-29(27)38-4)31-35-25(22-16-21(32)17-23(33)30(22)40-31)18-24(34-35)19-9-11-26(36-2)28(14-19)37-3/h9-12,14-17,25,31H,5-8,13,18H2,1-4H3/t25-,31-/m0/s1. The van der Waals surface area contributed by atoms with Crippen molar-refractivity contribution in [1.29, 1.82) is 0 Å². The van der Waals surface area contributed by atoms with Crippen LogP contribution in [0.5, 0.6) is 28.7 Å². The summed E-state index contributed by atoms with van der Waals surface area (Å²) >= 11 is 13.1. The summed E-state index contributed by atoms with van der Waals surface area (Å²) in [6.07, 6.45) is 4.64. The van der Waals surface area contributed by atoms with E-state index in [9.17, 15) is 0 Å². The zero-order valence-electron chi connectivity index (χ0n) is 23.2. The molecule has 3 aromatic rings. The van der Waals surface area contributed by atoms with E-state index in [4.69, 9.17) is 52.0 Å². The fourth-order valence-corrected chi connectivity index (χ4v) is 5.75. The third-order valence-corrected chi connectivity index (χ3v) is 7.75. The van der Waals surface area contributed by atoms with Crippen LogP contribution in [0, 0.1) is 0 Å². The van der Waals surface area contributed by atoms with Gasteiger partial charge in [0.15, 0.2) is 23.0 Å². The lowest BCUT2D eigenvalue weighted by Crippen LogP contribution is -2.33. The lowest BCUT2D eigenvalue weighted by Gasteiger charge is -2.38. The van der Waals surface area contributed by atoms with Crippen molar-refractivity contribution in [3.63, 3.8) is 0 Å². The zero-order chi connectivity index (χ0) is 28.2. The largest absolute Gasteiger partial charge is 0.493 e. The van der Waals surface area contributed by atoms with Crippen LogP contribution in [0.4, 0.5) is 0 Å². The highest BCUT2D eigenvalue weighted by Crippen LogP contribution is 2.51. The number of fused-ring (bicyclic) bond motifs is 3. The maximum atomic E-state index is 6.65. The fraction of sp³-hybridized carbons (Fsp3) is 0.387. The van der Waals surface area contributed by atoms with Gasteiger partial charge in [0, 0.05) is 28.1 Å². The van der Waals surface area contributed by atoms with E-state index in [-0.39, 0.29) is 6.04 Å². The minimum Gasteiger partial charge on any atom is -0.493 e. The normalized spacial score (nSPS) is 17.4. The fourth-order valence-electron chi connectivity index (χ4n) is 5.19. The van der Waals surface area contributed by atoms with E-state index in [1.165, 1.54) is 12.8 Å². The van der Waals surface area contributed by atoms with Gasteiger partial charge in [-0.2, -0.15) is 5.10 Å². The molecule has 9 heteroatoms. The highest BCUT2D eigenvalue weighted by molar-refractivity contribution is 6.35. The molecule has 7 nitrogen and oxygen atoms in total. The minimum absolute atomic E-state index is 0.131. The number of methoxy groups -OCH3 is 3. The maximum absolute atomic E-state index is 6.65. The predicted molar refractivity (Wildman–Crippen MR) is 158 cm³/mol. The molecule has 0 aliphatic carbocycles. The molecule has 0 saturated heterocycles. The van der Waals surface area contributed by atoms with Gasteiger partial charge in [0.05, 0.1) is 44.7 Å². The maximum Gasteiger partial charge on any atom is 0.214 e. The van der Waals surface area contributed by atoms with Crippen LogP contribution in [0.2, 0.25) is 10.0 Å². The minimum atomic E-state index is -0.540. The number of halogens is 2. The summed E-state index contributed by atoms with van der Waals surface area (Å²) in [5.74, 6) is 3.26. The van der Waals surface area contributed by atoms with Gasteiger partial charge in [0.1, 0.15) is 5.75 Å². The van der Waals surface area contributed by atoms with Gasteiger partial charge in [-0.3, -0.25) is 0 Å². The first-order valence-corrected chi connectivity index (χ1v) is 14.3. The van der Waals surface area contributed by atoms with Gasteiger partial charge in [-0.15, -0.1) is 0 Å². The van der Waals surface area contributed by atoms with E-state index < -0.39 is 6.23 Å². The van der Waals surface area contributed by atoms with Gasteiger partial charge >= 0.3 is 0 Å². The van der Waals surface area contributed by atoms with Gasteiger partial charge in [-0.1, -0.05) is 49.4 Å². The monoisotopic (exact) mass is 584 g/mol. The molecule has 5 rings (SSSR count). The Balaban J connectivity index is 1.50. The van der Waals surface area contributed by atoms with E-state index in [0.717, 1.165) is 35.2 Å². The summed E-state index contributed by atoms with van der Waals surface area (Å²) in [5.41, 5.74) is 3.59. The first-order chi connectivity index (χ1) is 19.5. The van der Waals surface area contributed by atoms with Crippen LogP contribution in [0.25, 0.3) is 0 Å². The number of rotatable bonds is 11. The Morgan fingerprint density at radius 3 is 2.38 bits per heavy atom. The van der Waals surface area contributed by atoms with E-state index in [0.29, 0.717) is 51.8 Å². The molecule has 0 aromatic heterocycles. The molecule has 0 N–H and O–H groups in total. The Hall–Kier alpha value is -3.29. The number of hydrogen-bond acceptors (Lipinski definition) is 7. The second kappa shape index (κ2) is 12.5. The summed E-state index contributed by atoms with van der Waals surface area (Å²) in [7, 11) is 4.89. The van der Waals surface area contributed by atoms with Gasteiger partial charge in [-0.05, 0) is 55.0 Å². The molecule has 0 radical (unpaired) electrons. The average Bonchev–Trinajstić information content (AvgIpc) is 3.42. The third-order valence-electron chi connectivity index (χ3n) is 7.25. The van der Waals surface area contributed by atoms with Gasteiger partial charge in [-0.25, -0.2) is 5.01 Å². The third kappa shape index (κ3) is 5.63. The molecule has 0 fully saturated rings. The van der Waals surface area contributed by atoms with Crippen molar-refractivity contribution in [2.75, 3.05) is 27.9 Å². The van der Waals surface area contributed by atoms with Crippen LogP contribution in [0.3, 0.4) is 0 Å².